The second-order valence-corrected chi connectivity index (χ2v) is 5.75. The summed E-state index contributed by atoms with van der Waals surface area (Å²) in [6.07, 6.45) is 4.92. The van der Waals surface area contributed by atoms with Crippen molar-refractivity contribution in [2.24, 2.45) is 5.92 Å². The summed E-state index contributed by atoms with van der Waals surface area (Å²) in [5.41, 5.74) is 0. The normalized spacial score (nSPS) is 32.6. The topological polar surface area (TPSA) is 30.3 Å². The van der Waals surface area contributed by atoms with E-state index < -0.39 is 0 Å². The van der Waals surface area contributed by atoms with E-state index in [0.29, 0.717) is 12.1 Å². The number of hydrogen-bond donors (Lipinski definition) is 0. The van der Waals surface area contributed by atoms with Gasteiger partial charge in [-0.15, -0.1) is 0 Å². The summed E-state index contributed by atoms with van der Waals surface area (Å²) in [6.45, 7) is 9.20. The second-order valence-electron chi connectivity index (χ2n) is 5.75. The van der Waals surface area contributed by atoms with Gasteiger partial charge in [-0.1, -0.05) is 12.8 Å². The Labute approximate surface area is 105 Å². The molecule has 1 saturated heterocycles. The lowest BCUT2D eigenvalue weighted by molar-refractivity contribution is 0.0508. The van der Waals surface area contributed by atoms with E-state index in [1.165, 1.54) is 32.4 Å². The fraction of sp³-hybridized carbons (Fsp3) is 0.929. The molecule has 2 aliphatic rings. The molecule has 1 aliphatic heterocycles. The molecule has 2 atom stereocenters. The molecule has 96 valence electrons. The summed E-state index contributed by atoms with van der Waals surface area (Å²) in [7, 11) is 0. The van der Waals surface area contributed by atoms with Gasteiger partial charge in [0.15, 0.2) is 0 Å². The third-order valence-electron chi connectivity index (χ3n) is 4.44. The van der Waals surface area contributed by atoms with Crippen molar-refractivity contribution in [3.05, 3.63) is 0 Å². The molecular formula is C14H25N3. The van der Waals surface area contributed by atoms with Gasteiger partial charge in [0.1, 0.15) is 0 Å². The van der Waals surface area contributed by atoms with Crippen LogP contribution < -0.4 is 0 Å². The van der Waals surface area contributed by atoms with Gasteiger partial charge in [0.2, 0.25) is 0 Å². The highest BCUT2D eigenvalue weighted by Gasteiger charge is 2.32. The molecule has 17 heavy (non-hydrogen) atoms. The van der Waals surface area contributed by atoms with Crippen molar-refractivity contribution in [1.29, 1.82) is 5.26 Å². The lowest BCUT2D eigenvalue weighted by atomic mass is 9.84. The van der Waals surface area contributed by atoms with Gasteiger partial charge in [0, 0.05) is 38.3 Å². The monoisotopic (exact) mass is 235 g/mol. The predicted molar refractivity (Wildman–Crippen MR) is 69.6 cm³/mol. The van der Waals surface area contributed by atoms with Crippen LogP contribution in [0.15, 0.2) is 0 Å². The standard InChI is InChI=1S/C14H25N3/c1-12(2)16-7-9-17(10-8-16)14-6-4-3-5-13(14)11-15/h12-14H,3-10H2,1-2H3. The summed E-state index contributed by atoms with van der Waals surface area (Å²) in [6, 6.07) is 3.74. The molecule has 1 saturated carbocycles. The van der Waals surface area contributed by atoms with Crippen LogP contribution in [0.3, 0.4) is 0 Å². The van der Waals surface area contributed by atoms with Crippen molar-refractivity contribution in [2.75, 3.05) is 26.2 Å². The number of nitriles is 1. The first-order valence-corrected chi connectivity index (χ1v) is 7.10. The predicted octanol–water partition coefficient (Wildman–Crippen LogP) is 2.09. The van der Waals surface area contributed by atoms with E-state index in [-0.39, 0.29) is 5.92 Å². The van der Waals surface area contributed by atoms with Crippen molar-refractivity contribution >= 4 is 0 Å². The van der Waals surface area contributed by atoms with E-state index in [2.05, 4.69) is 29.7 Å². The number of rotatable bonds is 2. The van der Waals surface area contributed by atoms with E-state index in [9.17, 15) is 5.26 Å². The van der Waals surface area contributed by atoms with Crippen molar-refractivity contribution in [3.8, 4) is 6.07 Å². The van der Waals surface area contributed by atoms with Gasteiger partial charge >= 0.3 is 0 Å². The Balaban J connectivity index is 1.89. The third kappa shape index (κ3) is 3.00. The maximum Gasteiger partial charge on any atom is 0.0672 e. The molecule has 2 fully saturated rings. The molecule has 0 aromatic carbocycles. The largest absolute Gasteiger partial charge is 0.298 e. The highest BCUT2D eigenvalue weighted by Crippen LogP contribution is 2.28. The van der Waals surface area contributed by atoms with Crippen LogP contribution in [-0.2, 0) is 0 Å². The summed E-state index contributed by atoms with van der Waals surface area (Å²) in [5, 5.41) is 9.25. The average Bonchev–Trinajstić information content (AvgIpc) is 2.39. The maximum absolute atomic E-state index is 9.25. The maximum atomic E-state index is 9.25. The molecule has 3 heteroatoms. The molecule has 1 heterocycles. The van der Waals surface area contributed by atoms with Gasteiger partial charge in [-0.3, -0.25) is 9.80 Å². The van der Waals surface area contributed by atoms with Crippen LogP contribution in [0, 0.1) is 17.2 Å². The van der Waals surface area contributed by atoms with Gasteiger partial charge in [0.05, 0.1) is 12.0 Å². The van der Waals surface area contributed by atoms with E-state index in [1.54, 1.807) is 0 Å². The fourth-order valence-corrected chi connectivity index (χ4v) is 3.28. The zero-order valence-electron chi connectivity index (χ0n) is 11.2. The van der Waals surface area contributed by atoms with Crippen LogP contribution in [0.25, 0.3) is 0 Å². The summed E-state index contributed by atoms with van der Waals surface area (Å²) in [5.74, 6) is 0.286. The molecule has 2 unspecified atom stereocenters. The Hall–Kier alpha value is -0.590. The molecule has 0 aromatic heterocycles. The van der Waals surface area contributed by atoms with E-state index in [1.807, 2.05) is 0 Å². The van der Waals surface area contributed by atoms with Gasteiger partial charge in [-0.25, -0.2) is 0 Å². The summed E-state index contributed by atoms with van der Waals surface area (Å²) >= 11 is 0. The molecule has 0 aromatic rings. The lowest BCUT2D eigenvalue weighted by Crippen LogP contribution is -2.54. The Morgan fingerprint density at radius 3 is 2.29 bits per heavy atom. The molecule has 0 N–H and O–H groups in total. The van der Waals surface area contributed by atoms with E-state index in [4.69, 9.17) is 0 Å². The highest BCUT2D eigenvalue weighted by atomic mass is 15.3. The first kappa shape index (κ1) is 12.9. The molecule has 0 radical (unpaired) electrons. The fourth-order valence-electron chi connectivity index (χ4n) is 3.28. The van der Waals surface area contributed by atoms with Crippen LogP contribution in [0.2, 0.25) is 0 Å². The third-order valence-corrected chi connectivity index (χ3v) is 4.44. The van der Waals surface area contributed by atoms with Crippen molar-refractivity contribution in [1.82, 2.24) is 9.80 Å². The van der Waals surface area contributed by atoms with Gasteiger partial charge in [-0.05, 0) is 26.7 Å². The minimum absolute atomic E-state index is 0.286. The molecule has 2 rings (SSSR count). The quantitative estimate of drug-likeness (QED) is 0.734. The number of hydrogen-bond acceptors (Lipinski definition) is 3. The molecule has 0 spiro atoms. The minimum Gasteiger partial charge on any atom is -0.298 e. The van der Waals surface area contributed by atoms with Crippen molar-refractivity contribution < 1.29 is 0 Å². The molecule has 1 aliphatic carbocycles. The van der Waals surface area contributed by atoms with Gasteiger partial charge in [-0.2, -0.15) is 5.26 Å². The van der Waals surface area contributed by atoms with Crippen LogP contribution in [-0.4, -0.2) is 48.1 Å². The van der Waals surface area contributed by atoms with E-state index >= 15 is 0 Å². The van der Waals surface area contributed by atoms with Crippen LogP contribution >= 0.6 is 0 Å². The van der Waals surface area contributed by atoms with E-state index in [0.717, 1.165) is 19.5 Å². The number of piperazine rings is 1. The Bertz CT molecular complexity index is 274. The second kappa shape index (κ2) is 5.84. The Morgan fingerprint density at radius 1 is 1.06 bits per heavy atom. The first-order chi connectivity index (χ1) is 8.22. The summed E-state index contributed by atoms with van der Waals surface area (Å²) < 4.78 is 0. The molecule has 0 amide bonds. The van der Waals surface area contributed by atoms with Gasteiger partial charge < -0.3 is 0 Å². The SMILES string of the molecule is CC(C)N1CCN(C2CCCCC2C#N)CC1. The summed E-state index contributed by atoms with van der Waals surface area (Å²) in [4.78, 5) is 5.12. The average molecular weight is 235 g/mol. The number of nitrogens with zero attached hydrogens (tertiary/aromatic N) is 3. The highest BCUT2D eigenvalue weighted by molar-refractivity contribution is 4.96. The van der Waals surface area contributed by atoms with Crippen LogP contribution in [0.5, 0.6) is 0 Å². The Kier molecular flexibility index (Phi) is 4.42. The molecule has 3 nitrogen and oxygen atoms in total. The zero-order chi connectivity index (χ0) is 12.3. The van der Waals surface area contributed by atoms with Crippen LogP contribution in [0.1, 0.15) is 39.5 Å². The minimum atomic E-state index is 0.286. The molecule has 0 bridgehead atoms. The molecular weight excluding hydrogens is 210 g/mol. The van der Waals surface area contributed by atoms with Crippen molar-refractivity contribution in [3.63, 3.8) is 0 Å². The lowest BCUT2D eigenvalue weighted by Gasteiger charge is -2.43. The van der Waals surface area contributed by atoms with Crippen LogP contribution in [0.4, 0.5) is 0 Å². The zero-order valence-corrected chi connectivity index (χ0v) is 11.2. The Morgan fingerprint density at radius 2 is 1.71 bits per heavy atom. The smallest absolute Gasteiger partial charge is 0.0672 e. The van der Waals surface area contributed by atoms with Crippen molar-refractivity contribution in [2.45, 2.75) is 51.6 Å². The first-order valence-electron chi connectivity index (χ1n) is 7.10. The van der Waals surface area contributed by atoms with Gasteiger partial charge in [0.25, 0.3) is 0 Å².